The number of nitrogens with zero attached hydrogens (tertiary/aromatic N) is 3. The number of carbonyl (C=O) groups is 1. The molecule has 1 saturated carbocycles. The number of halogens is 2. The van der Waals surface area contributed by atoms with Crippen LogP contribution in [-0.4, -0.2) is 38.1 Å². The molecule has 1 fully saturated rings. The van der Waals surface area contributed by atoms with Crippen molar-refractivity contribution in [1.29, 1.82) is 0 Å². The van der Waals surface area contributed by atoms with E-state index in [9.17, 15) is 18.7 Å². The van der Waals surface area contributed by atoms with Crippen LogP contribution in [0.2, 0.25) is 0 Å². The molecule has 1 amide bonds. The van der Waals surface area contributed by atoms with Gasteiger partial charge < -0.3 is 27.0 Å². The smallest absolute Gasteiger partial charge is 0.387 e. The van der Waals surface area contributed by atoms with Crippen molar-refractivity contribution < 1.29 is 23.4 Å². The summed E-state index contributed by atoms with van der Waals surface area (Å²) in [6, 6.07) is 15.0. The molecule has 2 aromatic carbocycles. The van der Waals surface area contributed by atoms with E-state index in [-0.39, 0.29) is 41.7 Å². The van der Waals surface area contributed by atoms with Crippen molar-refractivity contribution in [3.05, 3.63) is 60.2 Å². The van der Waals surface area contributed by atoms with Crippen LogP contribution in [0, 0.1) is 0 Å². The summed E-state index contributed by atoms with van der Waals surface area (Å²) in [4.78, 5) is 16.9. The summed E-state index contributed by atoms with van der Waals surface area (Å²) in [6.45, 7) is -3.02. The maximum absolute atomic E-state index is 13.1. The van der Waals surface area contributed by atoms with Crippen LogP contribution in [0.5, 0.6) is 5.75 Å². The summed E-state index contributed by atoms with van der Waals surface area (Å²) in [6.07, 6.45) is 0.426. The fourth-order valence-corrected chi connectivity index (χ4v) is 4.39. The molecule has 1 aliphatic rings. The SMILES string of the molecule is NC(=O)c1c(-c2ccc3c(OC(F)F)cc(-c4ccccc4)nc3c2)nn([C@H]2C[C@@](N)(O)C2)c1N. The molecule has 1 aliphatic carbocycles. The Kier molecular flexibility index (Phi) is 5.37. The second-order valence-electron chi connectivity index (χ2n) is 8.57. The van der Waals surface area contributed by atoms with E-state index in [4.69, 9.17) is 21.9 Å². The van der Waals surface area contributed by atoms with Gasteiger partial charge in [0.1, 0.15) is 28.5 Å². The standard InChI is InChI=1S/C24H22F2N6O3/c25-23(26)35-18-9-16(12-4-2-1-3-5-12)30-17-8-13(6-7-15(17)18)20-19(22(28)33)21(27)32(31-20)14-10-24(29,34)11-14/h1-9,14,23,34H,10-11,27,29H2,(H2,28,33)/t14-,24+. The third-order valence-electron chi connectivity index (χ3n) is 6.05. The van der Waals surface area contributed by atoms with Gasteiger partial charge >= 0.3 is 6.61 Å². The number of rotatable bonds is 6. The third kappa shape index (κ3) is 4.15. The quantitative estimate of drug-likeness (QED) is 0.309. The zero-order valence-corrected chi connectivity index (χ0v) is 18.4. The molecule has 0 unspecified atom stereocenters. The molecule has 0 saturated heterocycles. The third-order valence-corrected chi connectivity index (χ3v) is 6.05. The largest absolute Gasteiger partial charge is 0.434 e. The number of aromatic nitrogens is 3. The van der Waals surface area contributed by atoms with E-state index in [2.05, 4.69) is 10.1 Å². The van der Waals surface area contributed by atoms with Gasteiger partial charge in [-0.25, -0.2) is 9.67 Å². The molecule has 0 bridgehead atoms. The van der Waals surface area contributed by atoms with Gasteiger partial charge in [-0.3, -0.25) is 4.79 Å². The second kappa shape index (κ2) is 8.29. The van der Waals surface area contributed by atoms with E-state index in [1.165, 1.54) is 10.7 Å². The lowest BCUT2D eigenvalue weighted by atomic mass is 9.83. The van der Waals surface area contributed by atoms with Crippen LogP contribution in [0.1, 0.15) is 29.2 Å². The fourth-order valence-electron chi connectivity index (χ4n) is 4.39. The lowest BCUT2D eigenvalue weighted by Gasteiger charge is -2.40. The van der Waals surface area contributed by atoms with Crippen LogP contribution in [-0.2, 0) is 0 Å². The van der Waals surface area contributed by atoms with Gasteiger partial charge in [-0.2, -0.15) is 13.9 Å². The van der Waals surface area contributed by atoms with Gasteiger partial charge in [0.15, 0.2) is 0 Å². The van der Waals surface area contributed by atoms with E-state index in [0.29, 0.717) is 27.7 Å². The number of primary amides is 1. The van der Waals surface area contributed by atoms with Crippen molar-refractivity contribution in [1.82, 2.24) is 14.8 Å². The Morgan fingerprint density at radius 2 is 1.86 bits per heavy atom. The highest BCUT2D eigenvalue weighted by molar-refractivity contribution is 6.04. The molecule has 180 valence electrons. The van der Waals surface area contributed by atoms with Crippen molar-refractivity contribution in [3.8, 4) is 28.3 Å². The van der Waals surface area contributed by atoms with E-state index in [0.717, 1.165) is 0 Å². The molecule has 2 heterocycles. The van der Waals surface area contributed by atoms with Crippen LogP contribution < -0.4 is 21.9 Å². The second-order valence-corrected chi connectivity index (χ2v) is 8.57. The Bertz CT molecular complexity index is 1430. The Labute approximate surface area is 198 Å². The minimum Gasteiger partial charge on any atom is -0.434 e. The van der Waals surface area contributed by atoms with Gasteiger partial charge in [-0.1, -0.05) is 36.4 Å². The van der Waals surface area contributed by atoms with Gasteiger partial charge in [-0.15, -0.1) is 0 Å². The predicted octanol–water partition coefficient (Wildman–Crippen LogP) is 3.03. The molecular formula is C24H22F2N6O3. The monoisotopic (exact) mass is 480 g/mol. The number of hydrogen-bond acceptors (Lipinski definition) is 7. The van der Waals surface area contributed by atoms with Gasteiger partial charge in [-0.05, 0) is 12.1 Å². The maximum atomic E-state index is 13.1. The summed E-state index contributed by atoms with van der Waals surface area (Å²) in [5, 5.41) is 14.7. The van der Waals surface area contributed by atoms with E-state index >= 15 is 0 Å². The highest BCUT2D eigenvalue weighted by Gasteiger charge is 2.42. The summed E-state index contributed by atoms with van der Waals surface area (Å²) >= 11 is 0. The molecule has 9 nitrogen and oxygen atoms in total. The Hall–Kier alpha value is -4.09. The van der Waals surface area contributed by atoms with Gasteiger partial charge in [0.2, 0.25) is 0 Å². The van der Waals surface area contributed by atoms with Crippen LogP contribution in [0.3, 0.4) is 0 Å². The number of ether oxygens (including phenoxy) is 1. The van der Waals surface area contributed by atoms with Crippen LogP contribution >= 0.6 is 0 Å². The number of anilines is 1. The average Bonchev–Trinajstić information content (AvgIpc) is 3.14. The molecule has 0 atom stereocenters. The number of alkyl halides is 2. The van der Waals surface area contributed by atoms with E-state index in [1.807, 2.05) is 18.2 Å². The van der Waals surface area contributed by atoms with E-state index < -0.39 is 18.2 Å². The normalized spacial score (nSPS) is 19.6. The van der Waals surface area contributed by atoms with Gasteiger partial charge in [0.05, 0.1) is 17.3 Å². The highest BCUT2D eigenvalue weighted by atomic mass is 19.3. The number of benzene rings is 2. The molecule has 5 rings (SSSR count). The zero-order valence-electron chi connectivity index (χ0n) is 18.4. The Morgan fingerprint density at radius 1 is 1.14 bits per heavy atom. The minimum atomic E-state index is -3.02. The molecule has 0 spiro atoms. The number of nitrogen functional groups attached to an aromatic ring is 1. The average molecular weight is 480 g/mol. The number of hydrogen-bond donors (Lipinski definition) is 4. The van der Waals surface area contributed by atoms with Gasteiger partial charge in [0, 0.05) is 35.4 Å². The summed E-state index contributed by atoms with van der Waals surface area (Å²) in [7, 11) is 0. The highest BCUT2D eigenvalue weighted by Crippen LogP contribution is 2.41. The predicted molar refractivity (Wildman–Crippen MR) is 125 cm³/mol. The van der Waals surface area contributed by atoms with Crippen LogP contribution in [0.25, 0.3) is 33.4 Å². The topological polar surface area (TPSA) is 155 Å². The molecule has 7 N–H and O–H groups in total. The number of carbonyl (C=O) groups excluding carboxylic acids is 1. The van der Waals surface area contributed by atoms with Gasteiger partial charge in [0.25, 0.3) is 5.91 Å². The van der Waals surface area contributed by atoms with Crippen molar-refractivity contribution in [3.63, 3.8) is 0 Å². The number of pyridine rings is 1. The first-order chi connectivity index (χ1) is 16.6. The van der Waals surface area contributed by atoms with Crippen molar-refractivity contribution in [2.45, 2.75) is 31.2 Å². The van der Waals surface area contributed by atoms with Crippen molar-refractivity contribution in [2.24, 2.45) is 11.5 Å². The van der Waals surface area contributed by atoms with Crippen molar-refractivity contribution >= 4 is 22.6 Å². The molecule has 35 heavy (non-hydrogen) atoms. The lowest BCUT2D eigenvalue weighted by molar-refractivity contribution is -0.0644. The minimum absolute atomic E-state index is 0.0140. The summed E-state index contributed by atoms with van der Waals surface area (Å²) in [5.41, 5.74) is 18.4. The fraction of sp³-hybridized carbons (Fsp3) is 0.208. The molecule has 0 radical (unpaired) electrons. The molecule has 4 aromatic rings. The summed E-state index contributed by atoms with van der Waals surface area (Å²) in [5.74, 6) is -0.757. The number of fused-ring (bicyclic) bond motifs is 1. The zero-order chi connectivity index (χ0) is 24.9. The van der Waals surface area contributed by atoms with E-state index in [1.54, 1.807) is 30.3 Å². The Morgan fingerprint density at radius 3 is 2.49 bits per heavy atom. The van der Waals surface area contributed by atoms with Crippen molar-refractivity contribution in [2.75, 3.05) is 5.73 Å². The first kappa shape index (κ1) is 22.7. The first-order valence-corrected chi connectivity index (χ1v) is 10.8. The number of aliphatic hydroxyl groups is 1. The Balaban J connectivity index is 1.66. The molecular weight excluding hydrogens is 458 g/mol. The maximum Gasteiger partial charge on any atom is 0.387 e. The lowest BCUT2D eigenvalue weighted by Crippen LogP contribution is -2.52. The summed E-state index contributed by atoms with van der Waals surface area (Å²) < 4.78 is 32.5. The van der Waals surface area contributed by atoms with Crippen LogP contribution in [0.4, 0.5) is 14.6 Å². The molecule has 11 heteroatoms. The molecule has 2 aromatic heterocycles. The first-order valence-electron chi connectivity index (χ1n) is 10.8. The number of nitrogens with two attached hydrogens (primary N) is 3. The molecule has 0 aliphatic heterocycles. The number of amides is 1. The van der Waals surface area contributed by atoms with Crippen LogP contribution in [0.15, 0.2) is 54.6 Å².